The van der Waals surface area contributed by atoms with Crippen molar-refractivity contribution < 1.29 is 33.8 Å². The van der Waals surface area contributed by atoms with Crippen molar-refractivity contribution in [2.45, 2.75) is 13.5 Å². The van der Waals surface area contributed by atoms with Gasteiger partial charge >= 0.3 is 12.0 Å². The summed E-state index contributed by atoms with van der Waals surface area (Å²) in [6.45, 7) is 2.26. The lowest BCUT2D eigenvalue weighted by atomic mass is 10.1. The Balaban J connectivity index is 1.62. The first-order valence-corrected chi connectivity index (χ1v) is 12.4. The van der Waals surface area contributed by atoms with Crippen LogP contribution in [0.2, 0.25) is 5.02 Å². The molecule has 194 valence electrons. The number of urea groups is 1. The van der Waals surface area contributed by atoms with E-state index in [2.05, 4.69) is 21.2 Å². The Morgan fingerprint density at radius 3 is 2.32 bits per heavy atom. The van der Waals surface area contributed by atoms with Crippen LogP contribution in [-0.4, -0.2) is 35.5 Å². The monoisotopic (exact) mass is 598 g/mol. The van der Waals surface area contributed by atoms with Gasteiger partial charge in [0.1, 0.15) is 12.2 Å². The molecule has 0 spiro atoms. The molecule has 4 rings (SSSR count). The number of carboxylic acid groups (broad SMARTS) is 1. The molecule has 1 saturated heterocycles. The first-order valence-electron chi connectivity index (χ1n) is 11.3. The predicted molar refractivity (Wildman–Crippen MR) is 143 cm³/mol. The van der Waals surface area contributed by atoms with E-state index < -0.39 is 23.8 Å². The summed E-state index contributed by atoms with van der Waals surface area (Å²) < 4.78 is 12.1. The number of halogens is 2. The van der Waals surface area contributed by atoms with E-state index in [0.29, 0.717) is 33.2 Å². The van der Waals surface area contributed by atoms with Crippen molar-refractivity contribution in [3.8, 4) is 11.5 Å². The Kier molecular flexibility index (Phi) is 8.13. The maximum Gasteiger partial charge on any atom is 0.335 e. The molecule has 1 fully saturated rings. The predicted octanol–water partition coefficient (Wildman–Crippen LogP) is 5.44. The molecule has 0 aliphatic carbocycles. The second kappa shape index (κ2) is 11.5. The summed E-state index contributed by atoms with van der Waals surface area (Å²) in [6.07, 6.45) is 1.36. The van der Waals surface area contributed by atoms with Gasteiger partial charge in [-0.25, -0.2) is 14.5 Å². The zero-order valence-electron chi connectivity index (χ0n) is 19.9. The molecule has 1 heterocycles. The zero-order valence-corrected chi connectivity index (χ0v) is 22.2. The van der Waals surface area contributed by atoms with Crippen molar-refractivity contribution in [1.29, 1.82) is 0 Å². The van der Waals surface area contributed by atoms with Crippen LogP contribution in [0, 0.1) is 0 Å². The number of amides is 4. The molecule has 3 aromatic carbocycles. The van der Waals surface area contributed by atoms with E-state index in [1.165, 1.54) is 42.5 Å². The van der Waals surface area contributed by atoms with Crippen LogP contribution in [0.5, 0.6) is 11.5 Å². The van der Waals surface area contributed by atoms with Crippen molar-refractivity contribution in [2.24, 2.45) is 0 Å². The molecule has 0 aromatic heterocycles. The number of carbonyl (C=O) groups excluding carboxylic acids is 3. The van der Waals surface area contributed by atoms with Crippen molar-refractivity contribution in [3.05, 3.63) is 92.4 Å². The normalized spacial score (nSPS) is 14.4. The quantitative estimate of drug-likeness (QED) is 0.261. The number of hydrogen-bond donors (Lipinski definition) is 2. The number of rotatable bonds is 8. The second-order valence-electron chi connectivity index (χ2n) is 7.98. The van der Waals surface area contributed by atoms with Crippen molar-refractivity contribution in [2.75, 3.05) is 11.5 Å². The number of nitrogens with one attached hydrogen (secondary N) is 1. The van der Waals surface area contributed by atoms with Gasteiger partial charge in [-0.15, -0.1) is 0 Å². The van der Waals surface area contributed by atoms with Crippen LogP contribution in [0.25, 0.3) is 6.08 Å². The number of barbiturate groups is 1. The van der Waals surface area contributed by atoms with Gasteiger partial charge in [0.05, 0.1) is 17.9 Å². The fraction of sp³-hybridized carbons (Fsp3) is 0.111. The highest BCUT2D eigenvalue weighted by Crippen LogP contribution is 2.36. The number of anilines is 1. The van der Waals surface area contributed by atoms with Crippen LogP contribution in [0.3, 0.4) is 0 Å². The number of carboxylic acids is 1. The lowest BCUT2D eigenvalue weighted by Crippen LogP contribution is -2.54. The third-order valence-electron chi connectivity index (χ3n) is 5.44. The smallest absolute Gasteiger partial charge is 0.335 e. The number of imide groups is 2. The number of benzene rings is 3. The molecular weight excluding hydrogens is 580 g/mol. The van der Waals surface area contributed by atoms with Gasteiger partial charge in [-0.3, -0.25) is 14.9 Å². The van der Waals surface area contributed by atoms with E-state index in [1.807, 2.05) is 0 Å². The summed E-state index contributed by atoms with van der Waals surface area (Å²) in [5.74, 6) is -1.90. The molecule has 0 unspecified atom stereocenters. The lowest BCUT2D eigenvalue weighted by molar-refractivity contribution is -0.122. The van der Waals surface area contributed by atoms with Gasteiger partial charge in [-0.1, -0.05) is 39.7 Å². The van der Waals surface area contributed by atoms with Crippen molar-refractivity contribution >= 4 is 63.1 Å². The first kappa shape index (κ1) is 26.9. The molecule has 0 radical (unpaired) electrons. The van der Waals surface area contributed by atoms with Crippen LogP contribution in [-0.2, 0) is 16.2 Å². The van der Waals surface area contributed by atoms with Crippen molar-refractivity contribution in [1.82, 2.24) is 5.32 Å². The molecule has 38 heavy (non-hydrogen) atoms. The SMILES string of the molecule is CCOc1cc(/C=C2\C(=O)NC(=O)N(c3ccc(Cl)cc3)C2=O)c(Br)cc1OCc1ccc(C(=O)O)cc1. The molecule has 1 aliphatic heterocycles. The minimum Gasteiger partial charge on any atom is -0.490 e. The number of hydrogen-bond acceptors (Lipinski definition) is 6. The van der Waals surface area contributed by atoms with Crippen LogP contribution in [0.1, 0.15) is 28.4 Å². The Labute approximate surface area is 230 Å². The molecule has 3 aromatic rings. The third kappa shape index (κ3) is 5.87. The Hall–Kier alpha value is -4.15. The number of aromatic carboxylic acids is 1. The summed E-state index contributed by atoms with van der Waals surface area (Å²) in [5.41, 5.74) is 1.35. The Bertz CT molecular complexity index is 1450. The topological polar surface area (TPSA) is 122 Å². The van der Waals surface area contributed by atoms with E-state index in [4.69, 9.17) is 26.2 Å². The maximum atomic E-state index is 13.2. The highest BCUT2D eigenvalue weighted by Gasteiger charge is 2.37. The van der Waals surface area contributed by atoms with Crippen molar-refractivity contribution in [3.63, 3.8) is 0 Å². The summed E-state index contributed by atoms with van der Waals surface area (Å²) in [7, 11) is 0. The summed E-state index contributed by atoms with van der Waals surface area (Å²) in [4.78, 5) is 50.1. The van der Waals surface area contributed by atoms with Gasteiger partial charge in [0, 0.05) is 9.50 Å². The highest BCUT2D eigenvalue weighted by molar-refractivity contribution is 9.10. The second-order valence-corrected chi connectivity index (χ2v) is 9.27. The molecule has 2 N–H and O–H groups in total. The van der Waals surface area contributed by atoms with Gasteiger partial charge in [0.15, 0.2) is 11.5 Å². The molecule has 4 amide bonds. The van der Waals surface area contributed by atoms with Crippen LogP contribution < -0.4 is 19.7 Å². The lowest BCUT2D eigenvalue weighted by Gasteiger charge is -2.26. The Morgan fingerprint density at radius 1 is 1.03 bits per heavy atom. The molecule has 0 saturated carbocycles. The summed E-state index contributed by atoms with van der Waals surface area (Å²) in [5, 5.41) is 11.7. The highest BCUT2D eigenvalue weighted by atomic mass is 79.9. The van der Waals surface area contributed by atoms with E-state index in [-0.39, 0.29) is 23.4 Å². The van der Waals surface area contributed by atoms with E-state index in [0.717, 1.165) is 10.5 Å². The molecule has 9 nitrogen and oxygen atoms in total. The average Bonchev–Trinajstić information content (AvgIpc) is 2.88. The van der Waals surface area contributed by atoms with Gasteiger partial charge < -0.3 is 14.6 Å². The minimum atomic E-state index is -1.02. The largest absolute Gasteiger partial charge is 0.490 e. The fourth-order valence-electron chi connectivity index (χ4n) is 3.58. The zero-order chi connectivity index (χ0) is 27.4. The van der Waals surface area contributed by atoms with E-state index in [9.17, 15) is 19.2 Å². The van der Waals surface area contributed by atoms with E-state index >= 15 is 0 Å². The van der Waals surface area contributed by atoms with Crippen LogP contribution in [0.15, 0.2) is 70.7 Å². The third-order valence-corrected chi connectivity index (χ3v) is 6.38. The van der Waals surface area contributed by atoms with Crippen LogP contribution >= 0.6 is 27.5 Å². The van der Waals surface area contributed by atoms with Gasteiger partial charge in [-0.05, 0) is 72.7 Å². The van der Waals surface area contributed by atoms with Gasteiger partial charge in [0.25, 0.3) is 11.8 Å². The summed E-state index contributed by atoms with van der Waals surface area (Å²) >= 11 is 9.36. The van der Waals surface area contributed by atoms with Gasteiger partial charge in [-0.2, -0.15) is 0 Å². The van der Waals surface area contributed by atoms with E-state index in [1.54, 1.807) is 31.2 Å². The molecule has 1 aliphatic rings. The number of nitrogens with zero attached hydrogens (tertiary/aromatic N) is 1. The van der Waals surface area contributed by atoms with Gasteiger partial charge in [0.2, 0.25) is 0 Å². The standard InChI is InChI=1S/C27H20BrClN2O7/c1-2-37-22-12-17(21(28)13-23(22)38-14-15-3-5-16(6-4-15)26(34)35)11-20-24(32)30-27(36)31(25(20)33)19-9-7-18(29)8-10-19/h3-13H,2,14H2,1H3,(H,34,35)(H,30,32,36)/b20-11+. The Morgan fingerprint density at radius 2 is 1.68 bits per heavy atom. The fourth-order valence-corrected chi connectivity index (χ4v) is 4.15. The maximum absolute atomic E-state index is 13.2. The van der Waals surface area contributed by atoms with Crippen LogP contribution in [0.4, 0.5) is 10.5 Å². The number of carbonyl (C=O) groups is 4. The average molecular weight is 600 g/mol. The molecular formula is C27H20BrClN2O7. The molecule has 0 bridgehead atoms. The molecule has 0 atom stereocenters. The minimum absolute atomic E-state index is 0.145. The number of ether oxygens (including phenoxy) is 2. The molecule has 11 heteroatoms. The first-order chi connectivity index (χ1) is 18.2. The summed E-state index contributed by atoms with van der Waals surface area (Å²) in [6, 6.07) is 14.7.